The first-order chi connectivity index (χ1) is 13.5. The summed E-state index contributed by atoms with van der Waals surface area (Å²) in [5.41, 5.74) is 1.41. The van der Waals surface area contributed by atoms with Gasteiger partial charge in [0.05, 0.1) is 29.5 Å². The first-order valence-electron chi connectivity index (χ1n) is 8.67. The molecule has 0 aliphatic carbocycles. The van der Waals surface area contributed by atoms with Crippen molar-refractivity contribution < 1.29 is 23.5 Å². The van der Waals surface area contributed by atoms with E-state index in [0.29, 0.717) is 30.1 Å². The number of carbonyl (C=O) groups is 2. The highest BCUT2D eigenvalue weighted by Gasteiger charge is 2.13. The fourth-order valence-corrected chi connectivity index (χ4v) is 3.79. The quantitative estimate of drug-likeness (QED) is 0.468. The number of carbonyl (C=O) groups excluding carboxylic acids is 2. The van der Waals surface area contributed by atoms with Crippen molar-refractivity contribution in [1.82, 2.24) is 4.57 Å². The largest absolute Gasteiger partial charge is 0.465 e. The number of rotatable bonds is 6. The molecule has 0 fully saturated rings. The zero-order valence-corrected chi connectivity index (χ0v) is 16.3. The van der Waals surface area contributed by atoms with Crippen LogP contribution in [0.25, 0.3) is 10.2 Å². The highest BCUT2D eigenvalue weighted by atomic mass is 32.1. The molecular weight excluding hydrogens is 383 g/mol. The van der Waals surface area contributed by atoms with Crippen LogP contribution in [-0.4, -0.2) is 36.8 Å². The number of nitrogens with zero attached hydrogens (tertiary/aromatic N) is 2. The van der Waals surface area contributed by atoms with E-state index in [-0.39, 0.29) is 5.56 Å². The van der Waals surface area contributed by atoms with E-state index in [1.807, 2.05) is 11.5 Å². The van der Waals surface area contributed by atoms with Crippen LogP contribution in [0.4, 0.5) is 4.39 Å². The molecule has 0 aliphatic heterocycles. The van der Waals surface area contributed by atoms with E-state index in [1.165, 1.54) is 36.6 Å². The Balaban J connectivity index is 2.09. The van der Waals surface area contributed by atoms with Crippen LogP contribution in [0.5, 0.6) is 0 Å². The molecule has 3 rings (SSSR count). The minimum Gasteiger partial charge on any atom is -0.465 e. The lowest BCUT2D eigenvalue weighted by molar-refractivity contribution is 0.0600. The third kappa shape index (κ3) is 4.35. The maximum Gasteiger partial charge on any atom is 0.337 e. The molecule has 0 unspecified atom stereocenters. The van der Waals surface area contributed by atoms with Gasteiger partial charge in [-0.2, -0.15) is 4.99 Å². The average molecular weight is 402 g/mol. The number of amides is 1. The molecule has 3 aromatic rings. The van der Waals surface area contributed by atoms with Crippen LogP contribution >= 0.6 is 11.3 Å². The molecule has 0 spiro atoms. The summed E-state index contributed by atoms with van der Waals surface area (Å²) in [5, 5.41) is 0. The summed E-state index contributed by atoms with van der Waals surface area (Å²) in [5.74, 6) is -1.47. The summed E-state index contributed by atoms with van der Waals surface area (Å²) >= 11 is 1.27. The van der Waals surface area contributed by atoms with Crippen molar-refractivity contribution in [2.75, 3.05) is 20.3 Å². The second-order valence-corrected chi connectivity index (χ2v) is 6.84. The van der Waals surface area contributed by atoms with Crippen molar-refractivity contribution in [2.24, 2.45) is 4.99 Å². The molecule has 8 heteroatoms. The number of ether oxygens (including phenoxy) is 2. The Hall–Kier alpha value is -2.84. The number of esters is 1. The van der Waals surface area contributed by atoms with Gasteiger partial charge in [0.25, 0.3) is 5.91 Å². The fraction of sp³-hybridized carbons (Fsp3) is 0.250. The Morgan fingerprint density at radius 2 is 2.00 bits per heavy atom. The van der Waals surface area contributed by atoms with Crippen LogP contribution in [0.2, 0.25) is 0 Å². The van der Waals surface area contributed by atoms with Gasteiger partial charge in [-0.15, -0.1) is 0 Å². The highest BCUT2D eigenvalue weighted by molar-refractivity contribution is 7.16. The summed E-state index contributed by atoms with van der Waals surface area (Å²) < 4.78 is 26.2. The van der Waals surface area contributed by atoms with Crippen molar-refractivity contribution in [3.63, 3.8) is 0 Å². The molecule has 1 amide bonds. The van der Waals surface area contributed by atoms with Crippen molar-refractivity contribution in [3.8, 4) is 0 Å². The fourth-order valence-electron chi connectivity index (χ4n) is 2.69. The first kappa shape index (κ1) is 19.9. The summed E-state index contributed by atoms with van der Waals surface area (Å²) in [6, 6.07) is 10.6. The maximum atomic E-state index is 13.4. The Kier molecular flexibility index (Phi) is 6.33. The van der Waals surface area contributed by atoms with Gasteiger partial charge in [0.1, 0.15) is 5.82 Å². The zero-order chi connectivity index (χ0) is 20.1. The molecular formula is C20H19FN2O4S. The third-order valence-corrected chi connectivity index (χ3v) is 5.08. The van der Waals surface area contributed by atoms with Gasteiger partial charge in [-0.25, -0.2) is 9.18 Å². The molecule has 0 radical (unpaired) electrons. The van der Waals surface area contributed by atoms with Gasteiger partial charge in [-0.05, 0) is 43.3 Å². The topological polar surface area (TPSA) is 69.9 Å². The SMILES string of the molecule is CCOCCn1c(=NC(=O)c2cccc(F)c2)sc2cc(C(=O)OC)ccc21. The number of fused-ring (bicyclic) bond motifs is 1. The van der Waals surface area contributed by atoms with Gasteiger partial charge < -0.3 is 14.0 Å². The Labute approximate surface area is 164 Å². The Bertz CT molecular complexity index is 1090. The number of hydrogen-bond acceptors (Lipinski definition) is 5. The van der Waals surface area contributed by atoms with Crippen LogP contribution in [0.3, 0.4) is 0 Å². The van der Waals surface area contributed by atoms with Gasteiger partial charge in [0.15, 0.2) is 4.80 Å². The lowest BCUT2D eigenvalue weighted by Crippen LogP contribution is -2.19. The van der Waals surface area contributed by atoms with E-state index < -0.39 is 17.7 Å². The lowest BCUT2D eigenvalue weighted by Gasteiger charge is -2.06. The summed E-state index contributed by atoms with van der Waals surface area (Å²) in [6.07, 6.45) is 0. The van der Waals surface area contributed by atoms with Crippen LogP contribution in [0.1, 0.15) is 27.6 Å². The molecule has 6 nitrogen and oxygen atoms in total. The van der Waals surface area contributed by atoms with Gasteiger partial charge in [0.2, 0.25) is 0 Å². The van der Waals surface area contributed by atoms with Crippen LogP contribution in [0.15, 0.2) is 47.5 Å². The van der Waals surface area contributed by atoms with Gasteiger partial charge in [0, 0.05) is 18.7 Å². The Morgan fingerprint density at radius 3 is 2.71 bits per heavy atom. The van der Waals surface area contributed by atoms with E-state index >= 15 is 0 Å². The van der Waals surface area contributed by atoms with Crippen molar-refractivity contribution >= 4 is 33.4 Å². The predicted molar refractivity (Wildman–Crippen MR) is 104 cm³/mol. The van der Waals surface area contributed by atoms with E-state index in [9.17, 15) is 14.0 Å². The number of thiazole rings is 1. The molecule has 0 N–H and O–H groups in total. The van der Waals surface area contributed by atoms with Gasteiger partial charge in [-0.3, -0.25) is 4.79 Å². The number of hydrogen-bond donors (Lipinski definition) is 0. The Morgan fingerprint density at radius 1 is 1.18 bits per heavy atom. The molecule has 0 saturated carbocycles. The lowest BCUT2D eigenvalue weighted by atomic mass is 10.2. The second-order valence-electron chi connectivity index (χ2n) is 5.83. The van der Waals surface area contributed by atoms with E-state index in [0.717, 1.165) is 16.3 Å². The minimum atomic E-state index is -0.538. The predicted octanol–water partition coefficient (Wildman–Crippen LogP) is 3.41. The first-order valence-corrected chi connectivity index (χ1v) is 9.49. The molecule has 0 bridgehead atoms. The van der Waals surface area contributed by atoms with Crippen molar-refractivity contribution in [3.05, 3.63) is 64.2 Å². The molecule has 1 aromatic heterocycles. The molecule has 0 aliphatic rings. The zero-order valence-electron chi connectivity index (χ0n) is 15.5. The molecule has 0 atom stereocenters. The summed E-state index contributed by atoms with van der Waals surface area (Å²) in [7, 11) is 1.32. The number of methoxy groups -OCH3 is 1. The monoisotopic (exact) mass is 402 g/mol. The van der Waals surface area contributed by atoms with Gasteiger partial charge in [-0.1, -0.05) is 17.4 Å². The van der Waals surface area contributed by atoms with Crippen molar-refractivity contribution in [2.45, 2.75) is 13.5 Å². The maximum absolute atomic E-state index is 13.4. The average Bonchev–Trinajstić information content (AvgIpc) is 3.03. The molecule has 0 saturated heterocycles. The summed E-state index contributed by atoms with van der Waals surface area (Å²) in [6.45, 7) is 3.41. The highest BCUT2D eigenvalue weighted by Crippen LogP contribution is 2.20. The molecule has 1 heterocycles. The van der Waals surface area contributed by atoms with Crippen LogP contribution in [0, 0.1) is 5.82 Å². The smallest absolute Gasteiger partial charge is 0.337 e. The number of benzene rings is 2. The van der Waals surface area contributed by atoms with Crippen LogP contribution in [-0.2, 0) is 16.0 Å². The second kappa shape index (κ2) is 8.90. The minimum absolute atomic E-state index is 0.170. The summed E-state index contributed by atoms with van der Waals surface area (Å²) in [4.78, 5) is 28.9. The van der Waals surface area contributed by atoms with Crippen molar-refractivity contribution in [1.29, 1.82) is 0 Å². The molecule has 2 aromatic carbocycles. The van der Waals surface area contributed by atoms with Crippen LogP contribution < -0.4 is 4.80 Å². The molecule has 28 heavy (non-hydrogen) atoms. The standard InChI is InChI=1S/C20H19FN2O4S/c1-3-27-10-9-23-16-8-7-14(19(25)26-2)12-17(16)28-20(23)22-18(24)13-5-4-6-15(21)11-13/h4-8,11-12H,3,9-10H2,1-2H3. The molecule has 146 valence electrons. The third-order valence-electron chi connectivity index (χ3n) is 4.04. The van der Waals surface area contributed by atoms with E-state index in [1.54, 1.807) is 18.2 Å². The van der Waals surface area contributed by atoms with Gasteiger partial charge >= 0.3 is 5.97 Å². The van der Waals surface area contributed by atoms with E-state index in [4.69, 9.17) is 9.47 Å². The van der Waals surface area contributed by atoms with E-state index in [2.05, 4.69) is 4.99 Å². The normalized spacial score (nSPS) is 11.8. The number of aromatic nitrogens is 1. The number of halogens is 1.